The molecule has 0 bridgehead atoms. The van der Waals surface area contributed by atoms with Crippen molar-refractivity contribution >= 4 is 15.9 Å². The Bertz CT molecular complexity index is 783. The SMILES string of the molecule is Cc1cc(O)ccc1-c1nc(Cc2ccccc2Br)no1. The van der Waals surface area contributed by atoms with Crippen LogP contribution < -0.4 is 0 Å². The van der Waals surface area contributed by atoms with Crippen molar-refractivity contribution in [3.05, 3.63) is 63.9 Å². The van der Waals surface area contributed by atoms with Crippen LogP contribution in [0.4, 0.5) is 0 Å². The summed E-state index contributed by atoms with van der Waals surface area (Å²) in [5.41, 5.74) is 2.83. The molecule has 0 saturated heterocycles. The molecule has 3 rings (SSSR count). The molecule has 0 radical (unpaired) electrons. The van der Waals surface area contributed by atoms with Crippen LogP contribution in [-0.2, 0) is 6.42 Å². The lowest BCUT2D eigenvalue weighted by Gasteiger charge is -2.01. The van der Waals surface area contributed by atoms with E-state index in [9.17, 15) is 5.11 Å². The van der Waals surface area contributed by atoms with E-state index in [2.05, 4.69) is 26.1 Å². The highest BCUT2D eigenvalue weighted by atomic mass is 79.9. The number of halogens is 1. The summed E-state index contributed by atoms with van der Waals surface area (Å²) in [7, 11) is 0. The quantitative estimate of drug-likeness (QED) is 0.776. The van der Waals surface area contributed by atoms with Crippen molar-refractivity contribution < 1.29 is 9.63 Å². The summed E-state index contributed by atoms with van der Waals surface area (Å²) in [4.78, 5) is 4.43. The van der Waals surface area contributed by atoms with Gasteiger partial charge in [-0.25, -0.2) is 0 Å². The zero-order valence-corrected chi connectivity index (χ0v) is 13.0. The Morgan fingerprint density at radius 2 is 2.00 bits per heavy atom. The van der Waals surface area contributed by atoms with Crippen molar-refractivity contribution in [2.45, 2.75) is 13.3 Å². The topological polar surface area (TPSA) is 59.2 Å². The number of aryl methyl sites for hydroxylation is 1. The molecule has 5 heteroatoms. The monoisotopic (exact) mass is 344 g/mol. The summed E-state index contributed by atoms with van der Waals surface area (Å²) in [6.45, 7) is 1.90. The smallest absolute Gasteiger partial charge is 0.258 e. The van der Waals surface area contributed by atoms with Crippen LogP contribution in [0.2, 0.25) is 0 Å². The van der Waals surface area contributed by atoms with E-state index < -0.39 is 0 Å². The summed E-state index contributed by atoms with van der Waals surface area (Å²) in [5, 5.41) is 13.5. The first kappa shape index (κ1) is 13.8. The van der Waals surface area contributed by atoms with Gasteiger partial charge in [0.15, 0.2) is 5.82 Å². The lowest BCUT2D eigenvalue weighted by atomic mass is 10.1. The predicted octanol–water partition coefficient (Wildman–Crippen LogP) is 4.10. The number of nitrogens with zero attached hydrogens (tertiary/aromatic N) is 2. The van der Waals surface area contributed by atoms with Gasteiger partial charge in [-0.15, -0.1) is 0 Å². The third kappa shape index (κ3) is 2.97. The van der Waals surface area contributed by atoms with Gasteiger partial charge in [-0.2, -0.15) is 4.98 Å². The predicted molar refractivity (Wildman–Crippen MR) is 83.1 cm³/mol. The van der Waals surface area contributed by atoms with Gasteiger partial charge in [-0.3, -0.25) is 0 Å². The zero-order valence-electron chi connectivity index (χ0n) is 11.4. The van der Waals surface area contributed by atoms with Crippen molar-refractivity contribution in [1.29, 1.82) is 0 Å². The summed E-state index contributed by atoms with van der Waals surface area (Å²) in [6, 6.07) is 13.0. The second-order valence-corrected chi connectivity index (χ2v) is 5.64. The summed E-state index contributed by atoms with van der Waals surface area (Å²) in [6.07, 6.45) is 0.599. The highest BCUT2D eigenvalue weighted by Crippen LogP contribution is 2.26. The molecule has 1 aromatic heterocycles. The third-order valence-electron chi connectivity index (χ3n) is 3.21. The summed E-state index contributed by atoms with van der Waals surface area (Å²) in [5.74, 6) is 1.32. The van der Waals surface area contributed by atoms with Crippen LogP contribution in [0.3, 0.4) is 0 Å². The highest BCUT2D eigenvalue weighted by Gasteiger charge is 2.12. The van der Waals surface area contributed by atoms with Crippen LogP contribution in [0.15, 0.2) is 51.5 Å². The molecule has 0 atom stereocenters. The zero-order chi connectivity index (χ0) is 14.8. The van der Waals surface area contributed by atoms with Gasteiger partial charge in [-0.05, 0) is 42.3 Å². The van der Waals surface area contributed by atoms with Gasteiger partial charge in [0, 0.05) is 16.5 Å². The minimum atomic E-state index is 0.226. The van der Waals surface area contributed by atoms with E-state index in [1.807, 2.05) is 31.2 Å². The maximum absolute atomic E-state index is 9.44. The maximum Gasteiger partial charge on any atom is 0.258 e. The van der Waals surface area contributed by atoms with E-state index in [1.165, 1.54) is 0 Å². The van der Waals surface area contributed by atoms with Gasteiger partial charge >= 0.3 is 0 Å². The number of rotatable bonds is 3. The van der Waals surface area contributed by atoms with Crippen molar-refractivity contribution in [2.75, 3.05) is 0 Å². The number of aromatic hydroxyl groups is 1. The first-order chi connectivity index (χ1) is 10.1. The molecular weight excluding hydrogens is 332 g/mol. The highest BCUT2D eigenvalue weighted by molar-refractivity contribution is 9.10. The van der Waals surface area contributed by atoms with Crippen molar-refractivity contribution in [3.63, 3.8) is 0 Å². The molecule has 0 unspecified atom stereocenters. The molecule has 0 amide bonds. The average Bonchev–Trinajstić information content (AvgIpc) is 2.90. The van der Waals surface area contributed by atoms with Crippen LogP contribution in [0.5, 0.6) is 5.75 Å². The first-order valence-electron chi connectivity index (χ1n) is 6.49. The Balaban J connectivity index is 1.88. The fourth-order valence-corrected chi connectivity index (χ4v) is 2.56. The Labute approximate surface area is 130 Å². The van der Waals surface area contributed by atoms with Crippen LogP contribution in [-0.4, -0.2) is 15.2 Å². The number of aromatic nitrogens is 2. The van der Waals surface area contributed by atoms with Crippen molar-refractivity contribution in [1.82, 2.24) is 10.1 Å². The van der Waals surface area contributed by atoms with Crippen molar-refractivity contribution in [2.24, 2.45) is 0 Å². The number of phenols is 1. The number of phenolic OH excluding ortho intramolecular Hbond substituents is 1. The molecule has 1 N–H and O–H groups in total. The molecule has 106 valence electrons. The lowest BCUT2D eigenvalue weighted by molar-refractivity contribution is 0.423. The molecule has 0 saturated carbocycles. The van der Waals surface area contributed by atoms with Crippen LogP contribution >= 0.6 is 15.9 Å². The first-order valence-corrected chi connectivity index (χ1v) is 7.29. The van der Waals surface area contributed by atoms with E-state index in [-0.39, 0.29) is 5.75 Å². The molecule has 0 spiro atoms. The number of benzene rings is 2. The molecule has 4 nitrogen and oxygen atoms in total. The van der Waals surface area contributed by atoms with Gasteiger partial charge in [0.1, 0.15) is 5.75 Å². The minimum Gasteiger partial charge on any atom is -0.508 e. The molecule has 2 aromatic carbocycles. The van der Waals surface area contributed by atoms with Gasteiger partial charge in [-0.1, -0.05) is 39.3 Å². The fourth-order valence-electron chi connectivity index (χ4n) is 2.14. The lowest BCUT2D eigenvalue weighted by Crippen LogP contribution is -1.92. The van der Waals surface area contributed by atoms with Gasteiger partial charge in [0.25, 0.3) is 5.89 Å². The summed E-state index contributed by atoms with van der Waals surface area (Å²) < 4.78 is 6.35. The number of hydrogen-bond acceptors (Lipinski definition) is 4. The van der Waals surface area contributed by atoms with Crippen molar-refractivity contribution in [3.8, 4) is 17.2 Å². The molecule has 0 aliphatic rings. The number of hydrogen-bond donors (Lipinski definition) is 1. The molecule has 1 heterocycles. The van der Waals surface area contributed by atoms with E-state index in [1.54, 1.807) is 18.2 Å². The Hall–Kier alpha value is -2.14. The molecule has 0 aliphatic heterocycles. The van der Waals surface area contributed by atoms with Crippen LogP contribution in [0.1, 0.15) is 17.0 Å². The van der Waals surface area contributed by atoms with E-state index in [0.29, 0.717) is 18.1 Å². The van der Waals surface area contributed by atoms with E-state index in [4.69, 9.17) is 4.52 Å². The van der Waals surface area contributed by atoms with Gasteiger partial charge in [0.05, 0.1) is 0 Å². The fraction of sp³-hybridized carbons (Fsp3) is 0.125. The molecule has 21 heavy (non-hydrogen) atoms. The second kappa shape index (κ2) is 5.69. The van der Waals surface area contributed by atoms with Gasteiger partial charge in [0.2, 0.25) is 0 Å². The van der Waals surface area contributed by atoms with Crippen LogP contribution in [0.25, 0.3) is 11.5 Å². The third-order valence-corrected chi connectivity index (χ3v) is 3.99. The maximum atomic E-state index is 9.44. The second-order valence-electron chi connectivity index (χ2n) is 4.78. The van der Waals surface area contributed by atoms with E-state index in [0.717, 1.165) is 21.2 Å². The molecule has 0 aliphatic carbocycles. The summed E-state index contributed by atoms with van der Waals surface area (Å²) >= 11 is 3.51. The Kier molecular flexibility index (Phi) is 3.75. The molecular formula is C16H13BrN2O2. The largest absolute Gasteiger partial charge is 0.508 e. The standard InChI is InChI=1S/C16H13BrN2O2/c1-10-8-12(20)6-7-13(10)16-18-15(19-21-16)9-11-4-2-3-5-14(11)17/h2-8,20H,9H2,1H3. The normalized spacial score (nSPS) is 10.8. The Morgan fingerprint density at radius 1 is 1.19 bits per heavy atom. The Morgan fingerprint density at radius 3 is 2.76 bits per heavy atom. The van der Waals surface area contributed by atoms with E-state index >= 15 is 0 Å². The minimum absolute atomic E-state index is 0.226. The van der Waals surface area contributed by atoms with Gasteiger partial charge < -0.3 is 9.63 Å². The average molecular weight is 345 g/mol. The molecule has 0 fully saturated rings. The van der Waals surface area contributed by atoms with Crippen LogP contribution in [0, 0.1) is 6.92 Å². The molecule has 3 aromatic rings.